The summed E-state index contributed by atoms with van der Waals surface area (Å²) in [6, 6.07) is 5.17. The molecule has 0 unspecified atom stereocenters. The molecule has 2 aromatic heterocycles. The van der Waals surface area contributed by atoms with Gasteiger partial charge in [-0.25, -0.2) is 10.1 Å². The fourth-order valence-corrected chi connectivity index (χ4v) is 2.66. The number of methoxy groups -OCH3 is 2. The van der Waals surface area contributed by atoms with Crippen LogP contribution in [0.4, 0.5) is 5.69 Å². The van der Waals surface area contributed by atoms with Crippen molar-refractivity contribution in [2.45, 2.75) is 5.16 Å². The number of imidazole rings is 1. The lowest BCUT2D eigenvalue weighted by atomic mass is 10.2. The van der Waals surface area contributed by atoms with Gasteiger partial charge >= 0.3 is 0 Å². The van der Waals surface area contributed by atoms with Crippen LogP contribution in [0.15, 0.2) is 29.6 Å². The second-order valence-corrected chi connectivity index (χ2v) is 5.71. The minimum absolute atomic E-state index is 0.170. The maximum Gasteiger partial charge on any atom is 0.234 e. The third kappa shape index (κ3) is 4.07. The van der Waals surface area contributed by atoms with Crippen molar-refractivity contribution in [2.75, 3.05) is 25.3 Å². The summed E-state index contributed by atoms with van der Waals surface area (Å²) < 4.78 is 10.4. The molecule has 1 amide bonds. The monoisotopic (exact) mass is 361 g/mol. The molecule has 2 heterocycles. The number of tetrazole rings is 1. The normalized spacial score (nSPS) is 10.5. The number of carbonyl (C=O) groups excluding carboxylic acids is 1. The maximum atomic E-state index is 12.1. The fourth-order valence-electron chi connectivity index (χ4n) is 2.01. The number of aromatic nitrogens is 6. The van der Waals surface area contributed by atoms with Gasteiger partial charge in [-0.2, -0.15) is 0 Å². The van der Waals surface area contributed by atoms with E-state index in [2.05, 4.69) is 35.9 Å². The SMILES string of the molecule is COc1ccc(NC(=O)CSc2nc(-c3nnn[nH]3)c[nH]2)cc1OC. The number of hydrogen-bond acceptors (Lipinski definition) is 8. The van der Waals surface area contributed by atoms with Gasteiger partial charge in [0.05, 0.1) is 20.0 Å². The number of nitrogens with zero attached hydrogens (tertiary/aromatic N) is 4. The van der Waals surface area contributed by atoms with Gasteiger partial charge in [0.2, 0.25) is 5.91 Å². The zero-order valence-electron chi connectivity index (χ0n) is 13.4. The van der Waals surface area contributed by atoms with E-state index < -0.39 is 0 Å². The maximum absolute atomic E-state index is 12.1. The molecule has 0 aliphatic carbocycles. The highest BCUT2D eigenvalue weighted by Gasteiger charge is 2.11. The van der Waals surface area contributed by atoms with E-state index in [9.17, 15) is 4.79 Å². The van der Waals surface area contributed by atoms with Crippen LogP contribution in [0.2, 0.25) is 0 Å². The Morgan fingerprint density at radius 1 is 1.28 bits per heavy atom. The highest BCUT2D eigenvalue weighted by molar-refractivity contribution is 7.99. The fraction of sp³-hybridized carbons (Fsp3) is 0.214. The lowest BCUT2D eigenvalue weighted by Crippen LogP contribution is -2.14. The quantitative estimate of drug-likeness (QED) is 0.537. The molecule has 0 saturated heterocycles. The van der Waals surface area contributed by atoms with Crippen LogP contribution >= 0.6 is 11.8 Å². The molecule has 11 heteroatoms. The molecule has 10 nitrogen and oxygen atoms in total. The van der Waals surface area contributed by atoms with Crippen molar-refractivity contribution in [2.24, 2.45) is 0 Å². The average Bonchev–Trinajstić information content (AvgIpc) is 3.31. The lowest BCUT2D eigenvalue weighted by Gasteiger charge is -2.10. The number of H-pyrrole nitrogens is 2. The average molecular weight is 361 g/mol. The third-order valence-electron chi connectivity index (χ3n) is 3.15. The summed E-state index contributed by atoms with van der Waals surface area (Å²) >= 11 is 1.27. The van der Waals surface area contributed by atoms with Crippen LogP contribution in [-0.2, 0) is 4.79 Å². The molecule has 1 aromatic carbocycles. The smallest absolute Gasteiger partial charge is 0.234 e. The summed E-state index contributed by atoms with van der Waals surface area (Å²) in [7, 11) is 3.09. The standard InChI is InChI=1S/C14H15N7O3S/c1-23-10-4-3-8(5-11(10)24-2)16-12(22)7-25-14-15-6-9(17-14)13-18-20-21-19-13/h3-6H,7H2,1-2H3,(H,15,17)(H,16,22)(H,18,19,20,21). The molecule has 0 saturated carbocycles. The second-order valence-electron chi connectivity index (χ2n) is 4.75. The Labute approximate surface area is 146 Å². The molecule has 25 heavy (non-hydrogen) atoms. The van der Waals surface area contributed by atoms with Crippen LogP contribution in [0.3, 0.4) is 0 Å². The number of amides is 1. The van der Waals surface area contributed by atoms with Gasteiger partial charge in [-0.15, -0.1) is 5.10 Å². The summed E-state index contributed by atoms with van der Waals surface area (Å²) in [5, 5.41) is 16.8. The van der Waals surface area contributed by atoms with Crippen molar-refractivity contribution in [3.8, 4) is 23.0 Å². The number of nitrogens with one attached hydrogen (secondary N) is 3. The molecular weight excluding hydrogens is 346 g/mol. The second kappa shape index (κ2) is 7.66. The predicted octanol–water partition coefficient (Wildman–Crippen LogP) is 1.34. The Balaban J connectivity index is 1.56. The first kappa shape index (κ1) is 16.8. The van der Waals surface area contributed by atoms with Gasteiger partial charge in [0.15, 0.2) is 22.5 Å². The zero-order chi connectivity index (χ0) is 17.6. The first-order valence-electron chi connectivity index (χ1n) is 7.14. The summed E-state index contributed by atoms with van der Waals surface area (Å²) in [5.41, 5.74) is 1.20. The third-order valence-corrected chi connectivity index (χ3v) is 4.04. The van der Waals surface area contributed by atoms with Crippen LogP contribution in [0.5, 0.6) is 11.5 Å². The van der Waals surface area contributed by atoms with E-state index in [0.29, 0.717) is 33.9 Å². The molecule has 0 radical (unpaired) electrons. The molecular formula is C14H15N7O3S. The van der Waals surface area contributed by atoms with Crippen LogP contribution in [0.25, 0.3) is 11.5 Å². The van der Waals surface area contributed by atoms with E-state index >= 15 is 0 Å². The van der Waals surface area contributed by atoms with Crippen LogP contribution in [-0.4, -0.2) is 56.5 Å². The molecule has 130 valence electrons. The van der Waals surface area contributed by atoms with Gasteiger partial charge in [-0.3, -0.25) is 4.79 Å². The van der Waals surface area contributed by atoms with E-state index in [4.69, 9.17) is 9.47 Å². The van der Waals surface area contributed by atoms with Crippen LogP contribution in [0, 0.1) is 0 Å². The Hall–Kier alpha value is -3.08. The highest BCUT2D eigenvalue weighted by atomic mass is 32.2. The van der Waals surface area contributed by atoms with Crippen molar-refractivity contribution in [3.05, 3.63) is 24.4 Å². The summed E-state index contributed by atoms with van der Waals surface area (Å²) in [5.74, 6) is 1.62. The van der Waals surface area contributed by atoms with Gasteiger partial charge in [0.25, 0.3) is 0 Å². The summed E-state index contributed by atoms with van der Waals surface area (Å²) in [4.78, 5) is 19.4. The van der Waals surface area contributed by atoms with Gasteiger partial charge in [0, 0.05) is 18.0 Å². The Morgan fingerprint density at radius 3 is 2.84 bits per heavy atom. The molecule has 3 rings (SSSR count). The number of rotatable bonds is 7. The van der Waals surface area contributed by atoms with Crippen molar-refractivity contribution in [3.63, 3.8) is 0 Å². The largest absolute Gasteiger partial charge is 0.493 e. The molecule has 0 aliphatic rings. The first-order chi connectivity index (χ1) is 12.2. The van der Waals surface area contributed by atoms with Crippen LogP contribution < -0.4 is 14.8 Å². The Bertz CT molecular complexity index is 850. The number of benzene rings is 1. The number of aromatic amines is 2. The minimum Gasteiger partial charge on any atom is -0.493 e. The van der Waals surface area contributed by atoms with Crippen molar-refractivity contribution >= 4 is 23.4 Å². The van der Waals surface area contributed by atoms with Gasteiger partial charge in [-0.1, -0.05) is 11.8 Å². The van der Waals surface area contributed by atoms with E-state index in [1.54, 1.807) is 31.5 Å². The zero-order valence-corrected chi connectivity index (χ0v) is 14.3. The molecule has 3 N–H and O–H groups in total. The van der Waals surface area contributed by atoms with E-state index in [1.807, 2.05) is 0 Å². The summed E-state index contributed by atoms with van der Waals surface area (Å²) in [6.45, 7) is 0. The van der Waals surface area contributed by atoms with E-state index in [0.717, 1.165) is 0 Å². The Morgan fingerprint density at radius 2 is 2.12 bits per heavy atom. The molecule has 3 aromatic rings. The van der Waals surface area contributed by atoms with Crippen molar-refractivity contribution in [1.29, 1.82) is 0 Å². The lowest BCUT2D eigenvalue weighted by molar-refractivity contribution is -0.113. The van der Waals surface area contributed by atoms with E-state index in [1.165, 1.54) is 18.9 Å². The minimum atomic E-state index is -0.170. The van der Waals surface area contributed by atoms with Crippen molar-refractivity contribution < 1.29 is 14.3 Å². The molecule has 0 fully saturated rings. The van der Waals surface area contributed by atoms with E-state index in [-0.39, 0.29) is 11.7 Å². The summed E-state index contributed by atoms with van der Waals surface area (Å²) in [6.07, 6.45) is 1.66. The predicted molar refractivity (Wildman–Crippen MR) is 90.7 cm³/mol. The molecule has 0 aliphatic heterocycles. The first-order valence-corrected chi connectivity index (χ1v) is 8.12. The number of ether oxygens (including phenoxy) is 2. The topological polar surface area (TPSA) is 131 Å². The molecule has 0 bridgehead atoms. The van der Waals surface area contributed by atoms with Gasteiger partial charge < -0.3 is 19.8 Å². The number of anilines is 1. The number of thioether (sulfide) groups is 1. The number of hydrogen-bond donors (Lipinski definition) is 3. The Kier molecular flexibility index (Phi) is 5.14. The van der Waals surface area contributed by atoms with Crippen LogP contribution in [0.1, 0.15) is 0 Å². The number of carbonyl (C=O) groups is 1. The van der Waals surface area contributed by atoms with Gasteiger partial charge in [0.1, 0.15) is 5.69 Å². The molecule has 0 spiro atoms. The van der Waals surface area contributed by atoms with Gasteiger partial charge in [-0.05, 0) is 22.6 Å². The molecule has 0 atom stereocenters. The van der Waals surface area contributed by atoms with Crippen molar-refractivity contribution in [1.82, 2.24) is 30.6 Å². The highest BCUT2D eigenvalue weighted by Crippen LogP contribution is 2.29.